The number of para-hydroxylation sites is 1. The molecule has 0 saturated heterocycles. The lowest BCUT2D eigenvalue weighted by molar-refractivity contribution is 0.102. The minimum Gasteiger partial charge on any atom is -0.454 e. The molecular formula is C21H17N3O4. The number of ether oxygens (including phenoxy) is 2. The molecule has 0 spiro atoms. The maximum Gasteiger partial charge on any atom is 0.274 e. The van der Waals surface area contributed by atoms with Crippen molar-refractivity contribution in [2.24, 2.45) is 0 Å². The Bertz CT molecular complexity index is 1070. The van der Waals surface area contributed by atoms with Crippen LogP contribution in [0.1, 0.15) is 26.4 Å². The predicted octanol–water partition coefficient (Wildman–Crippen LogP) is 3.62. The molecule has 0 atom stereocenters. The van der Waals surface area contributed by atoms with E-state index < -0.39 is 5.91 Å². The lowest BCUT2D eigenvalue weighted by Crippen LogP contribution is -2.17. The Morgan fingerprint density at radius 2 is 1.75 bits per heavy atom. The van der Waals surface area contributed by atoms with Gasteiger partial charge in [0, 0.05) is 29.2 Å². The number of nitrogens with zero attached hydrogens (tertiary/aromatic N) is 1. The van der Waals surface area contributed by atoms with E-state index in [1.54, 1.807) is 24.3 Å². The molecule has 0 fully saturated rings. The topological polar surface area (TPSA) is 89.6 Å². The van der Waals surface area contributed by atoms with Crippen LogP contribution in [-0.4, -0.2) is 23.6 Å². The van der Waals surface area contributed by atoms with Gasteiger partial charge in [0.15, 0.2) is 11.5 Å². The first-order chi connectivity index (χ1) is 13.6. The lowest BCUT2D eigenvalue weighted by Gasteiger charge is -2.09. The molecule has 1 aliphatic rings. The average molecular weight is 375 g/mol. The van der Waals surface area contributed by atoms with E-state index in [1.165, 1.54) is 12.3 Å². The van der Waals surface area contributed by atoms with Crippen molar-refractivity contribution in [1.29, 1.82) is 0 Å². The highest BCUT2D eigenvalue weighted by atomic mass is 16.7. The maximum absolute atomic E-state index is 12.5. The molecule has 0 aliphatic carbocycles. The van der Waals surface area contributed by atoms with Gasteiger partial charge in [0.05, 0.1) is 0 Å². The summed E-state index contributed by atoms with van der Waals surface area (Å²) in [7, 11) is 0. The summed E-state index contributed by atoms with van der Waals surface area (Å²) >= 11 is 0. The second kappa shape index (κ2) is 7.40. The van der Waals surface area contributed by atoms with Crippen molar-refractivity contribution in [3.63, 3.8) is 0 Å². The number of aromatic nitrogens is 1. The van der Waals surface area contributed by atoms with E-state index >= 15 is 0 Å². The highest BCUT2D eigenvalue weighted by Crippen LogP contribution is 2.34. The number of pyridine rings is 1. The fourth-order valence-corrected chi connectivity index (χ4v) is 2.77. The number of benzene rings is 2. The van der Waals surface area contributed by atoms with E-state index in [0.29, 0.717) is 22.7 Å². The number of hydrogen-bond donors (Lipinski definition) is 2. The van der Waals surface area contributed by atoms with Crippen LogP contribution in [-0.2, 0) is 0 Å². The Balaban J connectivity index is 1.49. The summed E-state index contributed by atoms with van der Waals surface area (Å²) in [6.45, 7) is 2.07. The highest BCUT2D eigenvalue weighted by Gasteiger charge is 2.16. The van der Waals surface area contributed by atoms with Crippen LogP contribution in [0.3, 0.4) is 0 Å². The molecule has 0 radical (unpaired) electrons. The normalized spacial score (nSPS) is 11.8. The molecule has 28 heavy (non-hydrogen) atoms. The van der Waals surface area contributed by atoms with Gasteiger partial charge in [0.2, 0.25) is 6.79 Å². The number of aryl methyl sites for hydroxylation is 1. The lowest BCUT2D eigenvalue weighted by atomic mass is 10.1. The summed E-state index contributed by atoms with van der Waals surface area (Å²) < 4.78 is 10.6. The monoisotopic (exact) mass is 375 g/mol. The first-order valence-electron chi connectivity index (χ1n) is 8.64. The van der Waals surface area contributed by atoms with Crippen molar-refractivity contribution in [3.05, 3.63) is 77.6 Å². The van der Waals surface area contributed by atoms with Crippen molar-refractivity contribution >= 4 is 23.2 Å². The van der Waals surface area contributed by atoms with Crippen LogP contribution in [0.2, 0.25) is 0 Å². The van der Waals surface area contributed by atoms with Gasteiger partial charge in [-0.25, -0.2) is 0 Å². The number of hydrogen-bond acceptors (Lipinski definition) is 5. The number of carbonyl (C=O) groups is 2. The van der Waals surface area contributed by atoms with E-state index in [2.05, 4.69) is 15.6 Å². The van der Waals surface area contributed by atoms with Gasteiger partial charge in [-0.05, 0) is 42.8 Å². The van der Waals surface area contributed by atoms with Gasteiger partial charge in [0.1, 0.15) is 5.69 Å². The number of fused-ring (bicyclic) bond motifs is 1. The van der Waals surface area contributed by atoms with Crippen LogP contribution in [0.15, 0.2) is 60.8 Å². The summed E-state index contributed by atoms with van der Waals surface area (Å²) in [6, 6.07) is 15.6. The standard InChI is InChI=1S/C21H17N3O4/c1-13-4-2-3-5-16(13)24-20(25)14-8-9-22-17(10-14)21(26)23-15-6-7-18-19(11-15)28-12-27-18/h2-11H,12H2,1H3,(H,23,26)(H,24,25). The zero-order valence-electron chi connectivity index (χ0n) is 15.1. The van der Waals surface area contributed by atoms with Gasteiger partial charge in [-0.15, -0.1) is 0 Å². The number of amides is 2. The van der Waals surface area contributed by atoms with Crippen molar-refractivity contribution in [1.82, 2.24) is 4.98 Å². The number of anilines is 2. The SMILES string of the molecule is Cc1ccccc1NC(=O)c1ccnc(C(=O)Nc2ccc3c(c2)OCO3)c1. The molecule has 2 aromatic carbocycles. The molecule has 2 amide bonds. The Morgan fingerprint density at radius 1 is 0.929 bits per heavy atom. The van der Waals surface area contributed by atoms with E-state index in [4.69, 9.17) is 9.47 Å². The largest absolute Gasteiger partial charge is 0.454 e. The first-order valence-corrected chi connectivity index (χ1v) is 8.64. The molecule has 0 unspecified atom stereocenters. The van der Waals surface area contributed by atoms with Crippen LogP contribution < -0.4 is 20.1 Å². The van der Waals surface area contributed by atoms with E-state index in [1.807, 2.05) is 31.2 Å². The Hall–Kier alpha value is -3.87. The smallest absolute Gasteiger partial charge is 0.274 e. The first kappa shape index (κ1) is 17.5. The van der Waals surface area contributed by atoms with Crippen molar-refractivity contribution in [2.45, 2.75) is 6.92 Å². The summed E-state index contributed by atoms with van der Waals surface area (Å²) in [6.07, 6.45) is 1.43. The molecular weight excluding hydrogens is 358 g/mol. The number of carbonyl (C=O) groups excluding carboxylic acids is 2. The van der Waals surface area contributed by atoms with Crippen molar-refractivity contribution < 1.29 is 19.1 Å². The maximum atomic E-state index is 12.5. The molecule has 3 aromatic rings. The van der Waals surface area contributed by atoms with Crippen LogP contribution in [0.4, 0.5) is 11.4 Å². The molecule has 140 valence electrons. The molecule has 0 bridgehead atoms. The Morgan fingerprint density at radius 3 is 2.61 bits per heavy atom. The van der Waals surface area contributed by atoms with Crippen molar-refractivity contribution in [3.8, 4) is 11.5 Å². The van der Waals surface area contributed by atoms with E-state index in [0.717, 1.165) is 11.3 Å². The summed E-state index contributed by atoms with van der Waals surface area (Å²) in [5.74, 6) is 0.460. The minimum absolute atomic E-state index is 0.134. The van der Waals surface area contributed by atoms with Gasteiger partial charge in [0.25, 0.3) is 11.8 Å². The second-order valence-electron chi connectivity index (χ2n) is 6.22. The fourth-order valence-electron chi connectivity index (χ4n) is 2.77. The minimum atomic E-state index is -0.426. The zero-order valence-corrected chi connectivity index (χ0v) is 15.1. The van der Waals surface area contributed by atoms with Crippen molar-refractivity contribution in [2.75, 3.05) is 17.4 Å². The number of rotatable bonds is 4. The summed E-state index contributed by atoms with van der Waals surface area (Å²) in [5.41, 5.74) is 2.69. The molecule has 2 heterocycles. The van der Waals surface area contributed by atoms with Gasteiger partial charge < -0.3 is 20.1 Å². The molecule has 7 nitrogen and oxygen atoms in total. The summed E-state index contributed by atoms with van der Waals surface area (Å²) in [5, 5.41) is 5.59. The highest BCUT2D eigenvalue weighted by molar-refractivity contribution is 6.08. The van der Waals surface area contributed by atoms with Gasteiger partial charge in [-0.2, -0.15) is 0 Å². The van der Waals surface area contributed by atoms with Gasteiger partial charge in [-0.3, -0.25) is 14.6 Å². The van der Waals surface area contributed by atoms with Crippen LogP contribution in [0, 0.1) is 6.92 Å². The Labute approximate surface area is 161 Å². The van der Waals surface area contributed by atoms with Crippen LogP contribution >= 0.6 is 0 Å². The Kier molecular flexibility index (Phi) is 4.63. The van der Waals surface area contributed by atoms with Crippen LogP contribution in [0.25, 0.3) is 0 Å². The average Bonchev–Trinajstić information content (AvgIpc) is 3.17. The molecule has 0 saturated carbocycles. The molecule has 4 rings (SSSR count). The molecule has 7 heteroatoms. The van der Waals surface area contributed by atoms with E-state index in [9.17, 15) is 9.59 Å². The third kappa shape index (κ3) is 3.64. The van der Waals surface area contributed by atoms with Crippen LogP contribution in [0.5, 0.6) is 11.5 Å². The third-order valence-corrected chi connectivity index (χ3v) is 4.28. The van der Waals surface area contributed by atoms with Gasteiger partial charge >= 0.3 is 0 Å². The third-order valence-electron chi connectivity index (χ3n) is 4.28. The second-order valence-corrected chi connectivity index (χ2v) is 6.22. The molecule has 1 aliphatic heterocycles. The molecule has 2 N–H and O–H groups in total. The van der Waals surface area contributed by atoms with Gasteiger partial charge in [-0.1, -0.05) is 18.2 Å². The quantitative estimate of drug-likeness (QED) is 0.727. The fraction of sp³-hybridized carbons (Fsp3) is 0.0952. The molecule has 1 aromatic heterocycles. The zero-order chi connectivity index (χ0) is 19.5. The summed E-state index contributed by atoms with van der Waals surface area (Å²) in [4.78, 5) is 29.1. The number of nitrogens with one attached hydrogen (secondary N) is 2. The van der Waals surface area contributed by atoms with E-state index in [-0.39, 0.29) is 18.4 Å². The predicted molar refractivity (Wildman–Crippen MR) is 104 cm³/mol.